The summed E-state index contributed by atoms with van der Waals surface area (Å²) in [4.78, 5) is 6.95. The number of nitrogens with one attached hydrogen (secondary N) is 1. The SMILES string of the molecule is CCc1cc2c(N[C@@H]3CC4(C[C@H]3O)CN(C)C4C(C)C)nccc2o1. The van der Waals surface area contributed by atoms with Gasteiger partial charge in [-0.3, -0.25) is 0 Å². The van der Waals surface area contributed by atoms with Crippen molar-refractivity contribution in [2.45, 2.75) is 58.2 Å². The molecule has 0 aromatic carbocycles. The molecule has 1 aliphatic heterocycles. The Morgan fingerprint density at radius 2 is 2.24 bits per heavy atom. The van der Waals surface area contributed by atoms with Crippen LogP contribution in [-0.2, 0) is 6.42 Å². The van der Waals surface area contributed by atoms with Crippen LogP contribution in [0.5, 0.6) is 0 Å². The van der Waals surface area contributed by atoms with Crippen LogP contribution in [0.15, 0.2) is 22.7 Å². The second kappa shape index (κ2) is 5.99. The summed E-state index contributed by atoms with van der Waals surface area (Å²) in [5.41, 5.74) is 1.10. The molecule has 136 valence electrons. The van der Waals surface area contributed by atoms with Crippen LogP contribution in [0, 0.1) is 11.3 Å². The Morgan fingerprint density at radius 3 is 2.92 bits per heavy atom. The molecule has 25 heavy (non-hydrogen) atoms. The van der Waals surface area contributed by atoms with Crippen molar-refractivity contribution in [1.82, 2.24) is 9.88 Å². The van der Waals surface area contributed by atoms with Crippen LogP contribution in [-0.4, -0.2) is 46.8 Å². The first-order valence-corrected chi connectivity index (χ1v) is 9.46. The van der Waals surface area contributed by atoms with E-state index in [1.807, 2.05) is 6.07 Å². The molecular weight excluding hydrogens is 314 g/mol. The molecule has 5 nitrogen and oxygen atoms in total. The maximum Gasteiger partial charge on any atom is 0.139 e. The smallest absolute Gasteiger partial charge is 0.139 e. The summed E-state index contributed by atoms with van der Waals surface area (Å²) in [7, 11) is 2.20. The zero-order valence-electron chi connectivity index (χ0n) is 15.6. The summed E-state index contributed by atoms with van der Waals surface area (Å²) in [6.07, 6.45) is 4.19. The number of pyridine rings is 1. The highest BCUT2D eigenvalue weighted by Gasteiger charge is 2.58. The average Bonchev–Trinajstić information content (AvgIpc) is 3.09. The van der Waals surface area contributed by atoms with E-state index in [4.69, 9.17) is 4.42 Å². The van der Waals surface area contributed by atoms with Crippen LogP contribution in [0.3, 0.4) is 0 Å². The highest BCUT2D eigenvalue weighted by molar-refractivity contribution is 5.88. The van der Waals surface area contributed by atoms with Crippen molar-refractivity contribution in [2.24, 2.45) is 11.3 Å². The number of hydrogen-bond donors (Lipinski definition) is 2. The van der Waals surface area contributed by atoms with E-state index in [9.17, 15) is 5.11 Å². The zero-order chi connectivity index (χ0) is 17.8. The first kappa shape index (κ1) is 16.9. The number of rotatable bonds is 4. The number of nitrogens with zero attached hydrogens (tertiary/aromatic N) is 2. The number of hydrogen-bond acceptors (Lipinski definition) is 5. The molecular formula is C20H29N3O2. The van der Waals surface area contributed by atoms with Crippen LogP contribution in [0.4, 0.5) is 5.82 Å². The lowest BCUT2D eigenvalue weighted by Crippen LogP contribution is -2.64. The van der Waals surface area contributed by atoms with Gasteiger partial charge in [0.1, 0.15) is 17.2 Å². The Bertz CT molecular complexity index is 767. The van der Waals surface area contributed by atoms with Crippen molar-refractivity contribution in [3.63, 3.8) is 0 Å². The normalized spacial score (nSPS) is 32.6. The fourth-order valence-electron chi connectivity index (χ4n) is 5.47. The fraction of sp³-hybridized carbons (Fsp3) is 0.650. The van der Waals surface area contributed by atoms with Gasteiger partial charge in [-0.25, -0.2) is 4.98 Å². The molecule has 2 aromatic heterocycles. The van der Waals surface area contributed by atoms with E-state index < -0.39 is 0 Å². The molecule has 2 fully saturated rings. The van der Waals surface area contributed by atoms with E-state index in [0.717, 1.165) is 48.4 Å². The molecule has 0 radical (unpaired) electrons. The van der Waals surface area contributed by atoms with Crippen molar-refractivity contribution in [3.8, 4) is 0 Å². The number of aromatic nitrogens is 1. The number of aryl methyl sites for hydroxylation is 1. The summed E-state index contributed by atoms with van der Waals surface area (Å²) >= 11 is 0. The minimum atomic E-state index is -0.329. The van der Waals surface area contributed by atoms with Crippen molar-refractivity contribution in [2.75, 3.05) is 18.9 Å². The van der Waals surface area contributed by atoms with Gasteiger partial charge in [0.2, 0.25) is 0 Å². The third-order valence-corrected chi connectivity index (χ3v) is 6.17. The summed E-state index contributed by atoms with van der Waals surface area (Å²) in [6, 6.07) is 4.57. The van der Waals surface area contributed by atoms with Gasteiger partial charge in [-0.15, -0.1) is 0 Å². The predicted molar refractivity (Wildman–Crippen MR) is 99.7 cm³/mol. The van der Waals surface area contributed by atoms with Crippen molar-refractivity contribution in [1.29, 1.82) is 0 Å². The number of furan rings is 1. The van der Waals surface area contributed by atoms with Crippen LogP contribution in [0.2, 0.25) is 0 Å². The van der Waals surface area contributed by atoms with Crippen LogP contribution in [0.1, 0.15) is 39.4 Å². The monoisotopic (exact) mass is 343 g/mol. The molecule has 4 atom stereocenters. The molecule has 0 amide bonds. The van der Waals surface area contributed by atoms with Crippen LogP contribution in [0.25, 0.3) is 11.0 Å². The predicted octanol–water partition coefficient (Wildman–Crippen LogP) is 3.28. The third-order valence-electron chi connectivity index (χ3n) is 6.17. The molecule has 4 rings (SSSR count). The van der Waals surface area contributed by atoms with E-state index in [-0.39, 0.29) is 17.6 Å². The van der Waals surface area contributed by atoms with Gasteiger partial charge in [0, 0.05) is 30.6 Å². The standard InChI is InChI=1S/C20H29N3O2/c1-5-13-8-14-17(25-13)6-7-21-19(14)22-15-9-20(10-16(15)24)11-23(4)18(20)12(2)3/h6-8,12,15-16,18,24H,5,9-11H2,1-4H3,(H,21,22)/t15-,16-,18?,20?/m1/s1. The van der Waals surface area contributed by atoms with Crippen LogP contribution >= 0.6 is 0 Å². The summed E-state index contributed by atoms with van der Waals surface area (Å²) in [5.74, 6) is 2.40. The molecule has 1 spiro atoms. The highest BCUT2D eigenvalue weighted by Crippen LogP contribution is 2.52. The van der Waals surface area contributed by atoms with Gasteiger partial charge in [-0.05, 0) is 37.9 Å². The second-order valence-electron chi connectivity index (χ2n) is 8.33. The fourth-order valence-corrected chi connectivity index (χ4v) is 5.47. The Kier molecular flexibility index (Phi) is 4.04. The van der Waals surface area contributed by atoms with Gasteiger partial charge in [-0.2, -0.15) is 0 Å². The number of aliphatic hydroxyl groups excluding tert-OH is 1. The summed E-state index contributed by atoms with van der Waals surface area (Å²) < 4.78 is 5.84. The van der Waals surface area contributed by atoms with Gasteiger partial charge >= 0.3 is 0 Å². The summed E-state index contributed by atoms with van der Waals surface area (Å²) in [5, 5.41) is 15.3. The van der Waals surface area contributed by atoms with Gasteiger partial charge in [0.15, 0.2) is 0 Å². The Hall–Kier alpha value is -1.59. The molecule has 1 saturated carbocycles. The van der Waals surface area contributed by atoms with Gasteiger partial charge in [0.25, 0.3) is 0 Å². The molecule has 1 aliphatic carbocycles. The molecule has 1 saturated heterocycles. The molecule has 2 aliphatic rings. The lowest BCUT2D eigenvalue weighted by Gasteiger charge is -2.57. The quantitative estimate of drug-likeness (QED) is 0.892. The number of likely N-dealkylation sites (tertiary alicyclic amines) is 1. The minimum absolute atomic E-state index is 0.0491. The first-order chi connectivity index (χ1) is 11.9. The zero-order valence-corrected chi connectivity index (χ0v) is 15.6. The Labute approximate surface area is 149 Å². The van der Waals surface area contributed by atoms with Crippen molar-refractivity contribution < 1.29 is 9.52 Å². The Balaban J connectivity index is 1.57. The van der Waals surface area contributed by atoms with Gasteiger partial charge < -0.3 is 19.7 Å². The van der Waals surface area contributed by atoms with Crippen molar-refractivity contribution in [3.05, 3.63) is 24.1 Å². The van der Waals surface area contributed by atoms with Gasteiger partial charge in [-0.1, -0.05) is 20.8 Å². The topological polar surface area (TPSA) is 61.5 Å². The summed E-state index contributed by atoms with van der Waals surface area (Å²) in [6.45, 7) is 7.74. The largest absolute Gasteiger partial charge is 0.461 e. The van der Waals surface area contributed by atoms with Crippen LogP contribution < -0.4 is 5.32 Å². The molecule has 2 N–H and O–H groups in total. The number of aliphatic hydroxyl groups is 1. The molecule has 0 bridgehead atoms. The second-order valence-corrected chi connectivity index (χ2v) is 8.33. The third kappa shape index (κ3) is 2.64. The lowest BCUT2D eigenvalue weighted by molar-refractivity contribution is -0.0825. The number of fused-ring (bicyclic) bond motifs is 1. The minimum Gasteiger partial charge on any atom is -0.461 e. The molecule has 3 heterocycles. The van der Waals surface area contributed by atoms with E-state index >= 15 is 0 Å². The lowest BCUT2D eigenvalue weighted by atomic mass is 9.66. The average molecular weight is 343 g/mol. The maximum absolute atomic E-state index is 10.7. The maximum atomic E-state index is 10.7. The van der Waals surface area contributed by atoms with E-state index in [1.54, 1.807) is 6.20 Å². The van der Waals surface area contributed by atoms with E-state index in [1.165, 1.54) is 0 Å². The van der Waals surface area contributed by atoms with E-state index in [0.29, 0.717) is 12.0 Å². The molecule has 5 heteroatoms. The number of anilines is 1. The van der Waals surface area contributed by atoms with Crippen molar-refractivity contribution >= 4 is 16.8 Å². The molecule has 2 aromatic rings. The Morgan fingerprint density at radius 1 is 1.44 bits per heavy atom. The first-order valence-electron chi connectivity index (χ1n) is 9.46. The molecule has 2 unspecified atom stereocenters. The highest BCUT2D eigenvalue weighted by atomic mass is 16.3. The van der Waals surface area contributed by atoms with Gasteiger partial charge in [0.05, 0.1) is 17.5 Å². The van der Waals surface area contributed by atoms with E-state index in [2.05, 4.69) is 49.1 Å².